The van der Waals surface area contributed by atoms with Crippen LogP contribution in [0.2, 0.25) is 0 Å². The van der Waals surface area contributed by atoms with Crippen molar-refractivity contribution in [1.82, 2.24) is 5.32 Å². The van der Waals surface area contributed by atoms with Crippen molar-refractivity contribution < 1.29 is 14.3 Å². The van der Waals surface area contributed by atoms with Gasteiger partial charge in [0.05, 0.1) is 12.6 Å². The normalized spacial score (nSPS) is 15.5. The van der Waals surface area contributed by atoms with Crippen LogP contribution in [-0.4, -0.2) is 18.6 Å². The fourth-order valence-electron chi connectivity index (χ4n) is 3.27. The van der Waals surface area contributed by atoms with Crippen LogP contribution >= 0.6 is 0 Å². The summed E-state index contributed by atoms with van der Waals surface area (Å²) >= 11 is 0. The highest BCUT2D eigenvalue weighted by Gasteiger charge is 2.36. The van der Waals surface area contributed by atoms with Gasteiger partial charge in [-0.2, -0.15) is 0 Å². The van der Waals surface area contributed by atoms with Crippen LogP contribution in [0, 0.1) is 0 Å². The van der Waals surface area contributed by atoms with Gasteiger partial charge < -0.3 is 20.5 Å². The van der Waals surface area contributed by atoms with Crippen molar-refractivity contribution in [3.63, 3.8) is 0 Å². The molecular weight excluding hydrogens is 328 g/mol. The Morgan fingerprint density at radius 2 is 1.81 bits per heavy atom. The van der Waals surface area contributed by atoms with Crippen molar-refractivity contribution in [3.05, 3.63) is 59.7 Å². The molecule has 1 fully saturated rings. The van der Waals surface area contributed by atoms with Gasteiger partial charge in [0, 0.05) is 6.54 Å². The van der Waals surface area contributed by atoms with Crippen molar-refractivity contribution in [2.45, 2.75) is 44.4 Å². The number of nitrogens with one attached hydrogen (secondary N) is 1. The third-order valence-electron chi connectivity index (χ3n) is 4.87. The molecule has 0 unspecified atom stereocenters. The Morgan fingerprint density at radius 3 is 2.50 bits per heavy atom. The number of hydrogen-bond donors (Lipinski definition) is 2. The maximum absolute atomic E-state index is 12.3. The second-order valence-corrected chi connectivity index (χ2v) is 6.81. The summed E-state index contributed by atoms with van der Waals surface area (Å²) in [6.45, 7) is 0.899. The van der Waals surface area contributed by atoms with Crippen molar-refractivity contribution >= 4 is 5.91 Å². The minimum atomic E-state index is -0.706. The summed E-state index contributed by atoms with van der Waals surface area (Å²) in [4.78, 5) is 12.3. The maximum atomic E-state index is 12.3. The highest BCUT2D eigenvalue weighted by atomic mass is 16.5. The highest BCUT2D eigenvalue weighted by Crippen LogP contribution is 2.30. The van der Waals surface area contributed by atoms with Gasteiger partial charge in [0.25, 0.3) is 0 Å². The average Bonchev–Trinajstić information content (AvgIpc) is 3.13. The van der Waals surface area contributed by atoms with Gasteiger partial charge in [-0.15, -0.1) is 0 Å². The van der Waals surface area contributed by atoms with Crippen molar-refractivity contribution in [3.8, 4) is 11.5 Å². The van der Waals surface area contributed by atoms with Crippen LogP contribution in [0.4, 0.5) is 0 Å². The third-order valence-corrected chi connectivity index (χ3v) is 4.87. The van der Waals surface area contributed by atoms with Crippen LogP contribution in [-0.2, 0) is 17.9 Å². The minimum absolute atomic E-state index is 0.0710. The molecule has 3 N–H and O–H groups in total. The maximum Gasteiger partial charge on any atom is 0.240 e. The molecule has 26 heavy (non-hydrogen) atoms. The van der Waals surface area contributed by atoms with E-state index in [0.29, 0.717) is 24.7 Å². The zero-order chi connectivity index (χ0) is 18.4. The van der Waals surface area contributed by atoms with Crippen molar-refractivity contribution in [2.75, 3.05) is 7.11 Å². The summed E-state index contributed by atoms with van der Waals surface area (Å²) < 4.78 is 11.3. The Hall–Kier alpha value is -2.53. The second kappa shape index (κ2) is 8.23. The number of methoxy groups -OCH3 is 1. The molecule has 0 radical (unpaired) electrons. The summed E-state index contributed by atoms with van der Waals surface area (Å²) in [6.07, 6.45) is 3.55. The first-order chi connectivity index (χ1) is 12.6. The standard InChI is InChI=1S/C21H26N2O3/c1-25-19-13-17(14-23-20(24)21(22)11-5-6-12-21)9-10-18(19)26-15-16-7-3-2-4-8-16/h2-4,7-10,13H,5-6,11-12,14-15,22H2,1H3,(H,23,24). The molecule has 2 aromatic rings. The molecule has 0 aromatic heterocycles. The summed E-state index contributed by atoms with van der Waals surface area (Å²) in [5.41, 5.74) is 7.52. The molecule has 0 atom stereocenters. The van der Waals surface area contributed by atoms with Crippen LogP contribution in [0.1, 0.15) is 36.8 Å². The van der Waals surface area contributed by atoms with E-state index in [9.17, 15) is 4.79 Å². The first-order valence-electron chi connectivity index (χ1n) is 9.01. The van der Waals surface area contributed by atoms with Gasteiger partial charge >= 0.3 is 0 Å². The molecule has 2 aromatic carbocycles. The summed E-state index contributed by atoms with van der Waals surface area (Å²) in [7, 11) is 1.61. The van der Waals surface area contributed by atoms with Gasteiger partial charge in [-0.1, -0.05) is 49.2 Å². The lowest BCUT2D eigenvalue weighted by Crippen LogP contribution is -2.51. The number of ether oxygens (including phenoxy) is 2. The fraction of sp³-hybridized carbons (Fsp3) is 0.381. The Kier molecular flexibility index (Phi) is 5.78. The number of hydrogen-bond acceptors (Lipinski definition) is 4. The first-order valence-corrected chi connectivity index (χ1v) is 9.01. The van der Waals surface area contributed by atoms with E-state index in [1.54, 1.807) is 7.11 Å². The molecule has 0 saturated heterocycles. The van der Waals surface area contributed by atoms with Gasteiger partial charge in [0.2, 0.25) is 5.91 Å². The van der Waals surface area contributed by atoms with E-state index >= 15 is 0 Å². The summed E-state index contributed by atoms with van der Waals surface area (Å²) in [5, 5.41) is 2.95. The van der Waals surface area contributed by atoms with Crippen LogP contribution in [0.3, 0.4) is 0 Å². The van der Waals surface area contributed by atoms with E-state index < -0.39 is 5.54 Å². The Labute approximate surface area is 154 Å². The largest absolute Gasteiger partial charge is 0.493 e. The van der Waals surface area contributed by atoms with Gasteiger partial charge in [0.15, 0.2) is 11.5 Å². The van der Waals surface area contributed by atoms with Crippen molar-refractivity contribution in [1.29, 1.82) is 0 Å². The smallest absolute Gasteiger partial charge is 0.240 e. The molecular formula is C21H26N2O3. The SMILES string of the molecule is COc1cc(CNC(=O)C2(N)CCCC2)ccc1OCc1ccccc1. The van der Waals surface area contributed by atoms with Crippen LogP contribution < -0.4 is 20.5 Å². The molecule has 0 bridgehead atoms. The molecule has 1 amide bonds. The fourth-order valence-corrected chi connectivity index (χ4v) is 3.27. The molecule has 1 saturated carbocycles. The van der Waals surface area contributed by atoms with E-state index in [-0.39, 0.29) is 5.91 Å². The number of carbonyl (C=O) groups is 1. The highest BCUT2D eigenvalue weighted by molar-refractivity contribution is 5.86. The monoisotopic (exact) mass is 354 g/mol. The molecule has 3 rings (SSSR count). The Bertz CT molecular complexity index is 740. The minimum Gasteiger partial charge on any atom is -0.493 e. The predicted molar refractivity (Wildman–Crippen MR) is 101 cm³/mol. The molecule has 1 aliphatic rings. The average molecular weight is 354 g/mol. The first kappa shape index (κ1) is 18.3. The summed E-state index contributed by atoms with van der Waals surface area (Å²) in [6, 6.07) is 15.7. The molecule has 1 aliphatic carbocycles. The lowest BCUT2D eigenvalue weighted by atomic mass is 9.98. The van der Waals surface area contributed by atoms with E-state index in [1.165, 1.54) is 0 Å². The molecule has 5 heteroatoms. The van der Waals surface area contributed by atoms with Crippen LogP contribution in [0.25, 0.3) is 0 Å². The zero-order valence-electron chi connectivity index (χ0n) is 15.2. The number of amides is 1. The van der Waals surface area contributed by atoms with E-state index in [0.717, 1.165) is 36.8 Å². The zero-order valence-corrected chi connectivity index (χ0v) is 15.2. The van der Waals surface area contributed by atoms with E-state index in [1.807, 2.05) is 48.5 Å². The lowest BCUT2D eigenvalue weighted by molar-refractivity contribution is -0.126. The van der Waals surface area contributed by atoms with Gasteiger partial charge in [-0.3, -0.25) is 4.79 Å². The topological polar surface area (TPSA) is 73.6 Å². The van der Waals surface area contributed by atoms with Gasteiger partial charge in [0.1, 0.15) is 6.61 Å². The molecule has 5 nitrogen and oxygen atoms in total. The molecule has 0 spiro atoms. The van der Waals surface area contributed by atoms with E-state index in [2.05, 4.69) is 5.32 Å². The number of benzene rings is 2. The molecule has 0 aliphatic heterocycles. The second-order valence-electron chi connectivity index (χ2n) is 6.81. The Balaban J connectivity index is 1.60. The van der Waals surface area contributed by atoms with E-state index in [4.69, 9.17) is 15.2 Å². The van der Waals surface area contributed by atoms with Crippen molar-refractivity contribution in [2.24, 2.45) is 5.73 Å². The van der Waals surface area contributed by atoms with Gasteiger partial charge in [-0.25, -0.2) is 0 Å². The van der Waals surface area contributed by atoms with Crippen LogP contribution in [0.15, 0.2) is 48.5 Å². The van der Waals surface area contributed by atoms with Gasteiger partial charge in [-0.05, 0) is 36.1 Å². The predicted octanol–water partition coefficient (Wildman–Crippen LogP) is 3.16. The third kappa shape index (κ3) is 4.35. The quantitative estimate of drug-likeness (QED) is 0.801. The lowest BCUT2D eigenvalue weighted by Gasteiger charge is -2.22. The molecule has 0 heterocycles. The Morgan fingerprint density at radius 1 is 1.08 bits per heavy atom. The summed E-state index contributed by atoms with van der Waals surface area (Å²) in [5.74, 6) is 1.26. The molecule has 138 valence electrons. The number of rotatable bonds is 7. The number of nitrogens with two attached hydrogens (primary N) is 1. The van der Waals surface area contributed by atoms with Crippen LogP contribution in [0.5, 0.6) is 11.5 Å². The number of carbonyl (C=O) groups excluding carboxylic acids is 1.